The van der Waals surface area contributed by atoms with E-state index >= 15 is 0 Å². The Morgan fingerprint density at radius 2 is 2.00 bits per heavy atom. The van der Waals surface area contributed by atoms with Crippen LogP contribution in [0.2, 0.25) is 5.02 Å². The van der Waals surface area contributed by atoms with E-state index in [2.05, 4.69) is 10.2 Å². The summed E-state index contributed by atoms with van der Waals surface area (Å²) in [5.41, 5.74) is 6.85. The van der Waals surface area contributed by atoms with E-state index < -0.39 is 0 Å². The molecule has 0 heterocycles. The van der Waals surface area contributed by atoms with Gasteiger partial charge in [-0.15, -0.1) is 0 Å². The smallest absolute Gasteiger partial charge is 0.238 e. The second-order valence-corrected chi connectivity index (χ2v) is 6.26. The highest BCUT2D eigenvalue weighted by molar-refractivity contribution is 6.34. The first-order valence-corrected chi connectivity index (χ1v) is 7.99. The molecule has 1 aliphatic rings. The summed E-state index contributed by atoms with van der Waals surface area (Å²) in [6.45, 7) is 0.394. The monoisotopic (exact) mass is 309 g/mol. The lowest BCUT2D eigenvalue weighted by Crippen LogP contribution is -2.37. The number of benzene rings is 1. The standard InChI is InChI=1S/C16H24ClN3O/c1-20(13-6-4-2-3-5-7-13)11-16(21)19-15-9-8-12(18)10-14(15)17/h8-10,13H,2-7,11,18H2,1H3,(H,19,21). The topological polar surface area (TPSA) is 58.4 Å². The van der Waals surface area contributed by atoms with Gasteiger partial charge in [0, 0.05) is 11.7 Å². The first kappa shape index (κ1) is 16.1. The van der Waals surface area contributed by atoms with Gasteiger partial charge in [-0.1, -0.05) is 37.3 Å². The molecule has 3 N–H and O–H groups in total. The number of amides is 1. The van der Waals surface area contributed by atoms with Crippen molar-refractivity contribution < 1.29 is 4.79 Å². The molecule has 0 aliphatic heterocycles. The second kappa shape index (κ2) is 7.66. The van der Waals surface area contributed by atoms with E-state index in [0.717, 1.165) is 0 Å². The zero-order valence-electron chi connectivity index (χ0n) is 12.6. The molecule has 1 amide bonds. The minimum Gasteiger partial charge on any atom is -0.399 e. The van der Waals surface area contributed by atoms with Crippen LogP contribution in [0, 0.1) is 0 Å². The van der Waals surface area contributed by atoms with Gasteiger partial charge < -0.3 is 11.1 Å². The van der Waals surface area contributed by atoms with Gasteiger partial charge in [0.25, 0.3) is 0 Å². The van der Waals surface area contributed by atoms with Crippen LogP contribution < -0.4 is 11.1 Å². The van der Waals surface area contributed by atoms with Crippen molar-refractivity contribution in [1.82, 2.24) is 4.90 Å². The van der Waals surface area contributed by atoms with E-state index in [4.69, 9.17) is 17.3 Å². The highest BCUT2D eigenvalue weighted by Crippen LogP contribution is 2.24. The third kappa shape index (κ3) is 4.90. The van der Waals surface area contributed by atoms with Crippen LogP contribution >= 0.6 is 11.6 Å². The molecule has 1 aromatic rings. The molecule has 21 heavy (non-hydrogen) atoms. The van der Waals surface area contributed by atoms with Gasteiger partial charge in [-0.2, -0.15) is 0 Å². The molecule has 0 bridgehead atoms. The summed E-state index contributed by atoms with van der Waals surface area (Å²) in [6.07, 6.45) is 7.54. The zero-order chi connectivity index (χ0) is 15.2. The largest absolute Gasteiger partial charge is 0.399 e. The van der Waals surface area contributed by atoms with Crippen LogP contribution in [0.1, 0.15) is 38.5 Å². The number of nitrogens with one attached hydrogen (secondary N) is 1. The number of nitrogens with two attached hydrogens (primary N) is 1. The van der Waals surface area contributed by atoms with E-state index in [-0.39, 0.29) is 5.91 Å². The fourth-order valence-corrected chi connectivity index (χ4v) is 3.11. The summed E-state index contributed by atoms with van der Waals surface area (Å²) in [6, 6.07) is 5.63. The first-order chi connectivity index (χ1) is 10.1. The van der Waals surface area contributed by atoms with Crippen molar-refractivity contribution in [3.63, 3.8) is 0 Å². The van der Waals surface area contributed by atoms with E-state index in [9.17, 15) is 4.79 Å². The average Bonchev–Trinajstić information content (AvgIpc) is 2.71. The van der Waals surface area contributed by atoms with Crippen molar-refractivity contribution in [3.8, 4) is 0 Å². The van der Waals surface area contributed by atoms with Gasteiger partial charge in [0.2, 0.25) is 5.91 Å². The molecule has 1 aliphatic carbocycles. The quantitative estimate of drug-likeness (QED) is 0.661. The molecule has 0 spiro atoms. The Balaban J connectivity index is 1.88. The molecule has 2 rings (SSSR count). The molecular weight excluding hydrogens is 286 g/mol. The molecule has 0 aromatic heterocycles. The molecule has 1 aromatic carbocycles. The summed E-state index contributed by atoms with van der Waals surface area (Å²) in [7, 11) is 2.03. The Bertz CT molecular complexity index is 484. The highest BCUT2D eigenvalue weighted by atomic mass is 35.5. The maximum Gasteiger partial charge on any atom is 0.238 e. The van der Waals surface area contributed by atoms with Crippen molar-refractivity contribution in [1.29, 1.82) is 0 Å². The van der Waals surface area contributed by atoms with Crippen molar-refractivity contribution in [2.45, 2.75) is 44.6 Å². The number of halogens is 1. The van der Waals surface area contributed by atoms with Crippen molar-refractivity contribution >= 4 is 28.9 Å². The van der Waals surface area contributed by atoms with Gasteiger partial charge >= 0.3 is 0 Å². The number of rotatable bonds is 4. The summed E-state index contributed by atoms with van der Waals surface area (Å²) in [5.74, 6) is -0.0339. The molecule has 0 atom stereocenters. The number of carbonyl (C=O) groups excluding carboxylic acids is 1. The Labute approximate surface area is 131 Å². The highest BCUT2D eigenvalue weighted by Gasteiger charge is 2.19. The molecule has 116 valence electrons. The number of likely N-dealkylation sites (N-methyl/N-ethyl adjacent to an activating group) is 1. The Hall–Kier alpha value is -1.26. The molecule has 0 saturated heterocycles. The normalized spacial score (nSPS) is 16.7. The molecule has 1 fully saturated rings. The fourth-order valence-electron chi connectivity index (χ4n) is 2.88. The zero-order valence-corrected chi connectivity index (χ0v) is 13.3. The summed E-state index contributed by atoms with van der Waals surface area (Å²) in [4.78, 5) is 14.3. The predicted octanol–water partition coefficient (Wildman–Crippen LogP) is 3.52. The Morgan fingerprint density at radius 1 is 1.33 bits per heavy atom. The molecule has 0 unspecified atom stereocenters. The Morgan fingerprint density at radius 3 is 2.62 bits per heavy atom. The third-order valence-corrected chi connectivity index (χ3v) is 4.42. The lowest BCUT2D eigenvalue weighted by molar-refractivity contribution is -0.117. The predicted molar refractivity (Wildman–Crippen MR) is 88.6 cm³/mol. The maximum atomic E-state index is 12.1. The van der Waals surface area contributed by atoms with Crippen molar-refractivity contribution in [3.05, 3.63) is 23.2 Å². The number of nitrogen functional groups attached to an aromatic ring is 1. The lowest BCUT2D eigenvalue weighted by Gasteiger charge is -2.26. The average molecular weight is 310 g/mol. The number of anilines is 2. The van der Waals surface area contributed by atoms with Crippen LogP contribution in [0.25, 0.3) is 0 Å². The minimum atomic E-state index is -0.0339. The first-order valence-electron chi connectivity index (χ1n) is 7.61. The van der Waals surface area contributed by atoms with Crippen LogP contribution in [-0.4, -0.2) is 30.4 Å². The van der Waals surface area contributed by atoms with Crippen LogP contribution in [0.4, 0.5) is 11.4 Å². The summed E-state index contributed by atoms with van der Waals surface area (Å²) >= 11 is 6.07. The number of nitrogens with zero attached hydrogens (tertiary/aromatic N) is 1. The van der Waals surface area contributed by atoms with Gasteiger partial charge in [0.05, 0.1) is 17.3 Å². The van der Waals surface area contributed by atoms with Crippen molar-refractivity contribution in [2.24, 2.45) is 0 Å². The van der Waals surface area contributed by atoms with E-state index in [1.165, 1.54) is 38.5 Å². The molecule has 1 saturated carbocycles. The van der Waals surface area contributed by atoms with Gasteiger partial charge in [-0.05, 0) is 38.1 Å². The van der Waals surface area contributed by atoms with Crippen LogP contribution in [0.15, 0.2) is 18.2 Å². The van der Waals surface area contributed by atoms with E-state index in [1.807, 2.05) is 7.05 Å². The number of hydrogen-bond donors (Lipinski definition) is 2. The van der Waals surface area contributed by atoms with Crippen LogP contribution in [-0.2, 0) is 4.79 Å². The fraction of sp³-hybridized carbons (Fsp3) is 0.562. The third-order valence-electron chi connectivity index (χ3n) is 4.11. The molecule has 0 radical (unpaired) electrons. The number of carbonyl (C=O) groups is 1. The van der Waals surface area contributed by atoms with Crippen LogP contribution in [0.3, 0.4) is 0 Å². The summed E-state index contributed by atoms with van der Waals surface area (Å²) in [5, 5.41) is 3.33. The number of hydrogen-bond acceptors (Lipinski definition) is 3. The van der Waals surface area contributed by atoms with Gasteiger partial charge in [-0.3, -0.25) is 9.69 Å². The molecule has 5 heteroatoms. The van der Waals surface area contributed by atoms with E-state index in [0.29, 0.717) is 29.0 Å². The SMILES string of the molecule is CN(CC(=O)Nc1ccc(N)cc1Cl)C1CCCCCC1. The Kier molecular flexibility index (Phi) is 5.88. The maximum absolute atomic E-state index is 12.1. The van der Waals surface area contributed by atoms with Crippen LogP contribution in [0.5, 0.6) is 0 Å². The van der Waals surface area contributed by atoms with Gasteiger partial charge in [0.1, 0.15) is 0 Å². The lowest BCUT2D eigenvalue weighted by atomic mass is 10.1. The molecular formula is C16H24ClN3O. The van der Waals surface area contributed by atoms with Crippen molar-refractivity contribution in [2.75, 3.05) is 24.6 Å². The van der Waals surface area contributed by atoms with E-state index in [1.54, 1.807) is 18.2 Å². The van der Waals surface area contributed by atoms with Gasteiger partial charge in [-0.25, -0.2) is 0 Å². The summed E-state index contributed by atoms with van der Waals surface area (Å²) < 4.78 is 0. The molecule has 4 nitrogen and oxygen atoms in total. The minimum absolute atomic E-state index is 0.0339. The second-order valence-electron chi connectivity index (χ2n) is 5.85. The van der Waals surface area contributed by atoms with Gasteiger partial charge in [0.15, 0.2) is 0 Å².